The molecular weight excluding hydrogens is 385 g/mol. The van der Waals surface area contributed by atoms with Crippen LogP contribution in [-0.4, -0.2) is 67.5 Å². The average Bonchev–Trinajstić information content (AvgIpc) is 3.00. The number of piperidine rings is 1. The van der Waals surface area contributed by atoms with Gasteiger partial charge in [-0.05, 0) is 24.7 Å². The quantitative estimate of drug-likeness (QED) is 0.707. The number of fused-ring (bicyclic) bond motifs is 1. The molecule has 0 spiro atoms. The Morgan fingerprint density at radius 2 is 1.93 bits per heavy atom. The van der Waals surface area contributed by atoms with Gasteiger partial charge in [0.05, 0.1) is 30.0 Å². The van der Waals surface area contributed by atoms with Crippen LogP contribution in [0.25, 0.3) is 0 Å². The van der Waals surface area contributed by atoms with Crippen molar-refractivity contribution in [3.63, 3.8) is 0 Å². The van der Waals surface area contributed by atoms with Crippen molar-refractivity contribution in [3.8, 4) is 0 Å². The summed E-state index contributed by atoms with van der Waals surface area (Å²) in [6, 6.07) is 1.14. The minimum atomic E-state index is -4.37. The highest BCUT2D eigenvalue weighted by Crippen LogP contribution is 2.52. The van der Waals surface area contributed by atoms with Crippen LogP contribution in [0.15, 0.2) is 6.07 Å². The van der Waals surface area contributed by atoms with Gasteiger partial charge in [-0.25, -0.2) is 9.19 Å². The summed E-state index contributed by atoms with van der Waals surface area (Å²) in [5.74, 6) is 1.68. The number of anilines is 2. The van der Waals surface area contributed by atoms with E-state index in [1.54, 1.807) is 11.8 Å². The van der Waals surface area contributed by atoms with Crippen LogP contribution in [0.1, 0.15) is 12.6 Å². The summed E-state index contributed by atoms with van der Waals surface area (Å²) in [6.07, 6.45) is -6.04. The molecule has 3 heterocycles. The lowest BCUT2D eigenvalue weighted by Gasteiger charge is -2.43. The Morgan fingerprint density at radius 1 is 1.26 bits per heavy atom. The molecule has 0 amide bonds. The van der Waals surface area contributed by atoms with E-state index in [0.29, 0.717) is 25.5 Å². The predicted molar refractivity (Wildman–Crippen MR) is 92.9 cm³/mol. The van der Waals surface area contributed by atoms with E-state index in [1.807, 2.05) is 4.90 Å². The molecule has 27 heavy (non-hydrogen) atoms. The minimum Gasteiger partial charge on any atom is -0.389 e. The number of halogens is 3. The molecule has 1 unspecified atom stereocenters. The molecule has 0 aromatic carbocycles. The average molecular weight is 406 g/mol. The van der Waals surface area contributed by atoms with Crippen molar-refractivity contribution >= 4 is 22.8 Å². The fraction of sp³-hybridized carbons (Fsp3) is 0.750. The number of aromatic nitrogens is 2. The van der Waals surface area contributed by atoms with Gasteiger partial charge in [-0.2, -0.15) is 18.2 Å². The Hall–Kier alpha value is -1.46. The third-order valence-electron chi connectivity index (χ3n) is 5.85. The molecule has 0 bridgehead atoms. The third-order valence-corrected chi connectivity index (χ3v) is 6.52. The van der Waals surface area contributed by atoms with Crippen LogP contribution in [0.2, 0.25) is 0 Å². The van der Waals surface area contributed by atoms with Gasteiger partial charge in [-0.15, -0.1) is 0 Å². The summed E-state index contributed by atoms with van der Waals surface area (Å²) in [4.78, 5) is 12.1. The second-order valence-corrected chi connectivity index (χ2v) is 8.63. The molecule has 3 aliphatic rings. The lowest BCUT2D eigenvalue weighted by atomic mass is 10.0. The third kappa shape index (κ3) is 3.77. The van der Waals surface area contributed by atoms with Crippen molar-refractivity contribution in [1.29, 1.82) is 0 Å². The molecule has 4 rings (SSSR count). The lowest BCUT2D eigenvalue weighted by molar-refractivity contribution is -0.127. The van der Waals surface area contributed by atoms with Crippen molar-refractivity contribution in [2.45, 2.75) is 31.7 Å². The van der Waals surface area contributed by atoms with Crippen molar-refractivity contribution in [1.82, 2.24) is 9.97 Å². The van der Waals surface area contributed by atoms with E-state index in [0.717, 1.165) is 0 Å². The number of aliphatic hydroxyl groups is 1. The predicted octanol–water partition coefficient (Wildman–Crippen LogP) is 1.05. The van der Waals surface area contributed by atoms with Gasteiger partial charge in [0.2, 0.25) is 5.95 Å². The highest BCUT2D eigenvalue weighted by Gasteiger charge is 2.56. The van der Waals surface area contributed by atoms with E-state index >= 15 is 0 Å². The van der Waals surface area contributed by atoms with E-state index in [9.17, 15) is 22.5 Å². The van der Waals surface area contributed by atoms with E-state index in [1.165, 1.54) is 6.07 Å². The van der Waals surface area contributed by atoms with Gasteiger partial charge in [0.15, 0.2) is 11.1 Å². The Labute approximate surface area is 156 Å². The minimum absolute atomic E-state index is 0.0929. The highest BCUT2D eigenvalue weighted by molar-refractivity contribution is 7.79. The normalized spacial score (nSPS) is 33.6. The summed E-state index contributed by atoms with van der Waals surface area (Å²) >= 11 is -1.82. The second-order valence-electron chi connectivity index (χ2n) is 7.65. The zero-order valence-corrected chi connectivity index (χ0v) is 15.4. The monoisotopic (exact) mass is 406 g/mol. The Kier molecular flexibility index (Phi) is 4.59. The SMILES string of the molecule is C[C@H]1[C@H](O)CN1c1nc(CC(F)(F)F)cc(N2C[C@@H]3[C@H](C2)[C@H]3CS(=O)O)n1. The molecule has 1 aromatic heterocycles. The van der Waals surface area contributed by atoms with Crippen LogP contribution in [0.5, 0.6) is 0 Å². The number of hydrogen-bond donors (Lipinski definition) is 2. The first-order valence-electron chi connectivity index (χ1n) is 8.84. The van der Waals surface area contributed by atoms with E-state index in [4.69, 9.17) is 4.55 Å². The summed E-state index contributed by atoms with van der Waals surface area (Å²) in [7, 11) is 0. The van der Waals surface area contributed by atoms with Crippen molar-refractivity contribution in [3.05, 3.63) is 11.8 Å². The molecule has 3 fully saturated rings. The maximum absolute atomic E-state index is 12.9. The Morgan fingerprint density at radius 3 is 2.44 bits per heavy atom. The summed E-state index contributed by atoms with van der Waals surface area (Å²) in [6.45, 7) is 3.31. The summed E-state index contributed by atoms with van der Waals surface area (Å²) in [5.41, 5.74) is -0.0929. The lowest BCUT2D eigenvalue weighted by Crippen LogP contribution is -2.59. The second kappa shape index (κ2) is 6.56. The first-order chi connectivity index (χ1) is 12.6. The molecule has 7 nitrogen and oxygen atoms in total. The maximum atomic E-state index is 12.9. The van der Waals surface area contributed by atoms with Crippen LogP contribution in [-0.2, 0) is 17.5 Å². The molecule has 1 saturated carbocycles. The van der Waals surface area contributed by atoms with E-state index < -0.39 is 29.8 Å². The fourth-order valence-corrected chi connectivity index (χ4v) is 4.98. The van der Waals surface area contributed by atoms with Gasteiger partial charge in [0, 0.05) is 25.7 Å². The van der Waals surface area contributed by atoms with Crippen LogP contribution in [0.4, 0.5) is 24.9 Å². The van der Waals surface area contributed by atoms with Gasteiger partial charge in [-0.1, -0.05) is 0 Å². The van der Waals surface area contributed by atoms with Gasteiger partial charge < -0.3 is 19.5 Å². The first kappa shape index (κ1) is 18.9. The zero-order chi connectivity index (χ0) is 19.5. The number of rotatable bonds is 5. The first-order valence-corrected chi connectivity index (χ1v) is 10.1. The molecule has 6 atom stereocenters. The van der Waals surface area contributed by atoms with E-state index in [-0.39, 0.29) is 41.2 Å². The Balaban J connectivity index is 1.54. The molecule has 2 saturated heterocycles. The Bertz CT molecular complexity index is 753. The standard InChI is InChI=1S/C16H21F3N4O3S/c1-8-13(24)6-23(8)15-20-9(3-16(17,18)19)2-14(21-15)22-4-10-11(5-22)12(10)7-27(25)26/h2,8,10-13,24H,3-7H2,1H3,(H,25,26)/t8-,10-,11+,12+,13+/m0/s1. The van der Waals surface area contributed by atoms with Crippen LogP contribution in [0, 0.1) is 17.8 Å². The number of hydrogen-bond acceptors (Lipinski definition) is 6. The van der Waals surface area contributed by atoms with Gasteiger partial charge >= 0.3 is 6.18 Å². The van der Waals surface area contributed by atoms with Crippen molar-refractivity contribution < 1.29 is 27.0 Å². The molecule has 0 radical (unpaired) electrons. The highest BCUT2D eigenvalue weighted by atomic mass is 32.2. The van der Waals surface area contributed by atoms with Gasteiger partial charge in [-0.3, -0.25) is 0 Å². The summed E-state index contributed by atoms with van der Waals surface area (Å²) < 4.78 is 58.6. The van der Waals surface area contributed by atoms with Gasteiger partial charge in [0.1, 0.15) is 5.82 Å². The maximum Gasteiger partial charge on any atom is 0.394 e. The van der Waals surface area contributed by atoms with Crippen molar-refractivity contribution in [2.24, 2.45) is 17.8 Å². The number of aliphatic hydroxyl groups excluding tert-OH is 1. The molecule has 2 aliphatic heterocycles. The van der Waals surface area contributed by atoms with Crippen LogP contribution in [0.3, 0.4) is 0 Å². The molecule has 2 N–H and O–H groups in total. The molecule has 11 heteroatoms. The van der Waals surface area contributed by atoms with Crippen LogP contribution >= 0.6 is 0 Å². The summed E-state index contributed by atoms with van der Waals surface area (Å²) in [5, 5.41) is 9.69. The fourth-order valence-electron chi connectivity index (χ4n) is 4.16. The molecule has 1 aliphatic carbocycles. The van der Waals surface area contributed by atoms with Gasteiger partial charge in [0.25, 0.3) is 0 Å². The number of nitrogens with zero attached hydrogens (tertiary/aromatic N) is 4. The topological polar surface area (TPSA) is 89.8 Å². The largest absolute Gasteiger partial charge is 0.394 e. The molecule has 1 aromatic rings. The molecular formula is C16H21F3N4O3S. The number of alkyl halides is 3. The van der Waals surface area contributed by atoms with E-state index in [2.05, 4.69) is 9.97 Å². The molecule has 150 valence electrons. The smallest absolute Gasteiger partial charge is 0.389 e. The number of β-amino-alcohol motifs (C(OH)–C–C–N with tert-alkyl or cyclic N) is 1. The van der Waals surface area contributed by atoms with Crippen molar-refractivity contribution in [2.75, 3.05) is 35.2 Å². The van der Waals surface area contributed by atoms with Crippen LogP contribution < -0.4 is 9.80 Å². The zero-order valence-electron chi connectivity index (χ0n) is 14.6.